The van der Waals surface area contributed by atoms with Crippen LogP contribution in [0.1, 0.15) is 20.7 Å². The summed E-state index contributed by atoms with van der Waals surface area (Å²) in [6.45, 7) is 0. The molecule has 0 unspecified atom stereocenters. The second-order valence-electron chi connectivity index (χ2n) is 4.92. The van der Waals surface area contributed by atoms with Crippen LogP contribution in [0.25, 0.3) is 0 Å². The van der Waals surface area contributed by atoms with Crippen molar-refractivity contribution >= 4 is 24.5 Å². The van der Waals surface area contributed by atoms with E-state index in [-0.39, 0.29) is 6.29 Å². The van der Waals surface area contributed by atoms with Crippen LogP contribution in [-0.4, -0.2) is 30.1 Å². The van der Waals surface area contributed by atoms with Gasteiger partial charge in [0.1, 0.15) is 6.29 Å². The largest absolute Gasteiger partial charge is 0.327 e. The van der Waals surface area contributed by atoms with Crippen molar-refractivity contribution in [3.8, 4) is 0 Å². The third-order valence-electron chi connectivity index (χ3n) is 3.65. The molecule has 0 spiro atoms. The molecule has 2 aromatic carbocycles. The Balaban J connectivity index is 1.95. The van der Waals surface area contributed by atoms with Crippen LogP contribution in [0.15, 0.2) is 54.6 Å². The van der Waals surface area contributed by atoms with Crippen LogP contribution in [0.2, 0.25) is 0 Å². The van der Waals surface area contributed by atoms with Crippen LogP contribution in [0.5, 0.6) is 0 Å². The van der Waals surface area contributed by atoms with E-state index in [0.717, 1.165) is 4.90 Å². The van der Waals surface area contributed by atoms with Gasteiger partial charge in [0, 0.05) is 12.4 Å². The smallest absolute Gasteiger partial charge is 0.262 e. The lowest BCUT2D eigenvalue weighted by molar-refractivity contribution is 0.0676. The number of hydrogen-bond donors (Lipinski definition) is 0. The van der Waals surface area contributed by atoms with E-state index in [4.69, 9.17) is 4.52 Å². The molecule has 0 radical (unpaired) electrons. The molecule has 22 heavy (non-hydrogen) atoms. The zero-order valence-corrected chi connectivity index (χ0v) is 12.8. The number of nitrogens with zero attached hydrogens (tertiary/aromatic N) is 1. The zero-order chi connectivity index (χ0) is 15.7. The van der Waals surface area contributed by atoms with Crippen LogP contribution in [0.4, 0.5) is 0 Å². The van der Waals surface area contributed by atoms with E-state index in [1.807, 2.05) is 0 Å². The molecular formula is C16H14NO4P. The average molecular weight is 315 g/mol. The van der Waals surface area contributed by atoms with E-state index in [0.29, 0.717) is 16.4 Å². The number of imide groups is 1. The predicted molar refractivity (Wildman–Crippen MR) is 82.5 cm³/mol. The summed E-state index contributed by atoms with van der Waals surface area (Å²) in [7, 11) is -2.00. The molecule has 1 aliphatic heterocycles. The number of hydrogen-bond acceptors (Lipinski definition) is 4. The lowest BCUT2D eigenvalue weighted by Gasteiger charge is -2.22. The van der Waals surface area contributed by atoms with Gasteiger partial charge in [-0.1, -0.05) is 30.3 Å². The van der Waals surface area contributed by atoms with Crippen LogP contribution in [0, 0.1) is 0 Å². The number of rotatable bonds is 4. The third kappa shape index (κ3) is 2.28. The van der Waals surface area contributed by atoms with Gasteiger partial charge >= 0.3 is 0 Å². The van der Waals surface area contributed by atoms with Crippen molar-refractivity contribution in [1.29, 1.82) is 0 Å². The third-order valence-corrected chi connectivity index (χ3v) is 5.98. The Hall–Kier alpha value is -2.23. The van der Waals surface area contributed by atoms with Crippen molar-refractivity contribution in [2.24, 2.45) is 0 Å². The molecule has 0 saturated heterocycles. The molecule has 1 atom stereocenters. The Morgan fingerprint density at radius 2 is 1.41 bits per heavy atom. The van der Waals surface area contributed by atoms with Gasteiger partial charge in [0.15, 0.2) is 0 Å². The van der Waals surface area contributed by atoms with Gasteiger partial charge in [-0.3, -0.25) is 19.1 Å². The van der Waals surface area contributed by atoms with Crippen LogP contribution in [0.3, 0.4) is 0 Å². The Morgan fingerprint density at radius 3 is 1.91 bits per heavy atom. The van der Waals surface area contributed by atoms with Crippen LogP contribution >= 0.6 is 7.37 Å². The second-order valence-corrected chi connectivity index (χ2v) is 7.43. The molecule has 5 nitrogen and oxygen atoms in total. The maximum absolute atomic E-state index is 13.0. The van der Waals surface area contributed by atoms with Gasteiger partial charge in [-0.15, -0.1) is 0 Å². The number of carbonyl (C=O) groups is 2. The predicted octanol–water partition coefficient (Wildman–Crippen LogP) is 2.49. The summed E-state index contributed by atoms with van der Waals surface area (Å²) in [5.74, 6) is -0.873. The fourth-order valence-electron chi connectivity index (χ4n) is 2.45. The van der Waals surface area contributed by atoms with Gasteiger partial charge in [-0.25, -0.2) is 0 Å². The Bertz CT molecular complexity index is 753. The first-order valence-corrected chi connectivity index (χ1v) is 8.53. The summed E-state index contributed by atoms with van der Waals surface area (Å²) in [6, 6.07) is 15.2. The summed E-state index contributed by atoms with van der Waals surface area (Å²) in [4.78, 5) is 25.7. The zero-order valence-electron chi connectivity index (χ0n) is 11.9. The summed E-state index contributed by atoms with van der Waals surface area (Å²) >= 11 is 0. The molecule has 6 heteroatoms. The summed E-state index contributed by atoms with van der Waals surface area (Å²) in [5, 5.41) is 0.481. The van der Waals surface area contributed by atoms with E-state index in [2.05, 4.69) is 0 Å². The number of carbonyl (C=O) groups excluding carboxylic acids is 2. The molecule has 112 valence electrons. The average Bonchev–Trinajstić information content (AvgIpc) is 2.81. The van der Waals surface area contributed by atoms with Gasteiger partial charge in [-0.05, 0) is 24.3 Å². The van der Waals surface area contributed by atoms with Crippen molar-refractivity contribution < 1.29 is 18.7 Å². The van der Waals surface area contributed by atoms with Gasteiger partial charge in [0.05, 0.1) is 11.1 Å². The summed E-state index contributed by atoms with van der Waals surface area (Å²) in [6.07, 6.45) is -0.264. The van der Waals surface area contributed by atoms with Gasteiger partial charge in [-0.2, -0.15) is 0 Å². The molecule has 0 N–H and O–H groups in total. The quantitative estimate of drug-likeness (QED) is 0.642. The maximum atomic E-state index is 13.0. The van der Waals surface area contributed by atoms with Crippen molar-refractivity contribution in [2.75, 3.05) is 13.4 Å². The minimum absolute atomic E-state index is 0.264. The van der Waals surface area contributed by atoms with Gasteiger partial charge < -0.3 is 4.52 Å². The first-order chi connectivity index (χ1) is 10.6. The molecule has 1 heterocycles. The summed E-state index contributed by atoms with van der Waals surface area (Å²) in [5.41, 5.74) is 0.673. The number of amides is 2. The van der Waals surface area contributed by atoms with Crippen molar-refractivity contribution in [2.45, 2.75) is 0 Å². The Labute approximate surface area is 128 Å². The monoisotopic (exact) mass is 315 g/mol. The highest BCUT2D eigenvalue weighted by Gasteiger charge is 2.40. The van der Waals surface area contributed by atoms with E-state index >= 15 is 0 Å². The Morgan fingerprint density at radius 1 is 0.909 bits per heavy atom. The highest BCUT2D eigenvalue weighted by atomic mass is 31.2. The number of fused-ring (bicyclic) bond motifs is 1. The van der Waals surface area contributed by atoms with E-state index in [1.54, 1.807) is 54.6 Å². The molecule has 0 bridgehead atoms. The number of benzene rings is 2. The first-order valence-electron chi connectivity index (χ1n) is 6.72. The molecule has 0 fully saturated rings. The van der Waals surface area contributed by atoms with E-state index < -0.39 is 19.2 Å². The van der Waals surface area contributed by atoms with E-state index in [9.17, 15) is 14.2 Å². The first kappa shape index (κ1) is 14.7. The highest BCUT2D eigenvalue weighted by molar-refractivity contribution is 7.66. The topological polar surface area (TPSA) is 63.7 Å². The standard InChI is InChI=1S/C16H14NO4P/c1-21-22(20,12-7-3-2-4-8-12)11-17-15(18)13-9-5-6-10-14(13)16(17)19/h2-10H,11H2,1H3/t22-/m0/s1. The van der Waals surface area contributed by atoms with E-state index in [1.165, 1.54) is 7.11 Å². The minimum atomic E-state index is -3.32. The molecular weight excluding hydrogens is 301 g/mol. The lowest BCUT2D eigenvalue weighted by Crippen LogP contribution is -2.32. The van der Waals surface area contributed by atoms with Crippen molar-refractivity contribution in [1.82, 2.24) is 4.90 Å². The molecule has 0 aliphatic carbocycles. The normalized spacial score (nSPS) is 16.5. The SMILES string of the molecule is CO[P@@](=O)(CN1C(=O)c2ccccc2C1=O)c1ccccc1. The van der Waals surface area contributed by atoms with Gasteiger partial charge in [0.25, 0.3) is 19.2 Å². The minimum Gasteiger partial charge on any atom is -0.327 e. The second kappa shape index (κ2) is 5.52. The highest BCUT2D eigenvalue weighted by Crippen LogP contribution is 2.46. The van der Waals surface area contributed by atoms with Gasteiger partial charge in [0.2, 0.25) is 0 Å². The lowest BCUT2D eigenvalue weighted by atomic mass is 10.1. The molecule has 0 aromatic heterocycles. The molecule has 0 saturated carbocycles. The van der Waals surface area contributed by atoms with Crippen LogP contribution in [-0.2, 0) is 9.09 Å². The molecule has 3 rings (SSSR count). The molecule has 2 aromatic rings. The van der Waals surface area contributed by atoms with Crippen molar-refractivity contribution in [3.63, 3.8) is 0 Å². The fraction of sp³-hybridized carbons (Fsp3) is 0.125. The fourth-order valence-corrected chi connectivity index (χ4v) is 4.20. The van der Waals surface area contributed by atoms with Crippen LogP contribution < -0.4 is 5.30 Å². The van der Waals surface area contributed by atoms with Crippen molar-refractivity contribution in [3.05, 3.63) is 65.7 Å². The Kier molecular flexibility index (Phi) is 3.69. The molecule has 2 amide bonds. The summed E-state index contributed by atoms with van der Waals surface area (Å²) < 4.78 is 18.2. The maximum Gasteiger partial charge on any atom is 0.262 e. The molecule has 1 aliphatic rings.